The molecule has 1 aliphatic carbocycles. The van der Waals surface area contributed by atoms with Gasteiger partial charge < -0.3 is 4.42 Å². The van der Waals surface area contributed by atoms with Gasteiger partial charge in [-0.3, -0.25) is 4.79 Å². The lowest BCUT2D eigenvalue weighted by atomic mass is 9.86. The Morgan fingerprint density at radius 1 is 1.13 bits per heavy atom. The fourth-order valence-electron chi connectivity index (χ4n) is 3.55. The molecule has 154 valence electrons. The number of halogens is 1. The summed E-state index contributed by atoms with van der Waals surface area (Å²) in [6, 6.07) is 20.2. The fraction of sp³-hybridized carbons (Fsp3) is 0.280. The van der Waals surface area contributed by atoms with E-state index in [2.05, 4.69) is 71.5 Å². The van der Waals surface area contributed by atoms with Crippen molar-refractivity contribution in [1.29, 1.82) is 0 Å². The minimum Gasteiger partial charge on any atom is -0.455 e. The number of hydrogen-bond donors (Lipinski definition) is 1. The summed E-state index contributed by atoms with van der Waals surface area (Å²) in [5, 5.41) is 4.07. The van der Waals surface area contributed by atoms with Gasteiger partial charge in [-0.1, -0.05) is 73.1 Å². The normalized spacial score (nSPS) is 18.5. The predicted molar refractivity (Wildman–Crippen MR) is 124 cm³/mol. The number of benzene rings is 2. The fourth-order valence-corrected chi connectivity index (χ4v) is 3.94. The monoisotopic (exact) mass is 464 g/mol. The molecule has 0 spiro atoms. The van der Waals surface area contributed by atoms with Crippen molar-refractivity contribution in [2.45, 2.75) is 38.5 Å². The Hall–Kier alpha value is -2.66. The largest absolute Gasteiger partial charge is 0.455 e. The molecule has 1 N–H and O–H groups in total. The molecule has 1 aromatic heterocycles. The molecule has 2 aromatic carbocycles. The van der Waals surface area contributed by atoms with Crippen molar-refractivity contribution >= 4 is 28.1 Å². The van der Waals surface area contributed by atoms with Gasteiger partial charge in [-0.25, -0.2) is 5.43 Å². The topological polar surface area (TPSA) is 54.6 Å². The van der Waals surface area contributed by atoms with Gasteiger partial charge >= 0.3 is 0 Å². The minimum absolute atomic E-state index is 0.0172. The highest BCUT2D eigenvalue weighted by molar-refractivity contribution is 9.10. The van der Waals surface area contributed by atoms with E-state index in [4.69, 9.17) is 4.42 Å². The average molecular weight is 465 g/mol. The number of hydrogen-bond acceptors (Lipinski definition) is 3. The van der Waals surface area contributed by atoms with Crippen LogP contribution in [-0.4, -0.2) is 12.1 Å². The molecule has 0 saturated heterocycles. The highest BCUT2D eigenvalue weighted by Crippen LogP contribution is 2.47. The molecule has 1 saturated carbocycles. The van der Waals surface area contributed by atoms with Gasteiger partial charge in [0.25, 0.3) is 0 Å². The molecule has 3 aromatic rings. The first-order chi connectivity index (χ1) is 14.3. The predicted octanol–water partition coefficient (Wildman–Crippen LogP) is 6.26. The zero-order valence-corrected chi connectivity index (χ0v) is 18.9. The van der Waals surface area contributed by atoms with Gasteiger partial charge in [-0.15, -0.1) is 0 Å². The smallest absolute Gasteiger partial charge is 0.243 e. The Labute approximate surface area is 185 Å². The molecule has 4 rings (SSSR count). The highest BCUT2D eigenvalue weighted by Gasteiger charge is 2.44. The molecule has 0 aliphatic heterocycles. The summed E-state index contributed by atoms with van der Waals surface area (Å²) in [4.78, 5) is 12.4. The molecular weight excluding hydrogens is 440 g/mol. The standard InChI is InChI=1S/C25H25BrN2O2/c1-25(2,3)18-9-7-16(8-10-18)21-14-22(21)24(29)28-27-15-20-11-12-23(30-20)17-5-4-6-19(26)13-17/h4-13,15,21-22H,14H2,1-3H3,(H,28,29)/t21-,22-/m0/s1. The summed E-state index contributed by atoms with van der Waals surface area (Å²) < 4.78 is 6.78. The average Bonchev–Trinajstić information content (AvgIpc) is 3.38. The molecule has 5 heteroatoms. The Kier molecular flexibility index (Phi) is 5.65. The van der Waals surface area contributed by atoms with Crippen molar-refractivity contribution in [2.24, 2.45) is 11.0 Å². The maximum absolute atomic E-state index is 12.4. The van der Waals surface area contributed by atoms with Gasteiger partial charge in [0.15, 0.2) is 0 Å². The van der Waals surface area contributed by atoms with E-state index < -0.39 is 0 Å². The summed E-state index contributed by atoms with van der Waals surface area (Å²) in [5.41, 5.74) is 6.29. The van der Waals surface area contributed by atoms with E-state index in [-0.39, 0.29) is 23.2 Å². The molecule has 2 atom stereocenters. The molecule has 0 unspecified atom stereocenters. The Bertz CT molecular complexity index is 1080. The van der Waals surface area contributed by atoms with Gasteiger partial charge in [-0.2, -0.15) is 5.10 Å². The lowest BCUT2D eigenvalue weighted by molar-refractivity contribution is -0.122. The number of carbonyl (C=O) groups excluding carboxylic acids is 1. The molecular formula is C25H25BrN2O2. The molecule has 4 nitrogen and oxygen atoms in total. The van der Waals surface area contributed by atoms with Crippen LogP contribution in [0.25, 0.3) is 11.3 Å². The van der Waals surface area contributed by atoms with Crippen LogP contribution >= 0.6 is 15.9 Å². The molecule has 0 radical (unpaired) electrons. The van der Waals surface area contributed by atoms with Crippen LogP contribution < -0.4 is 5.43 Å². The second-order valence-electron chi connectivity index (χ2n) is 8.77. The third-order valence-electron chi connectivity index (χ3n) is 5.43. The molecule has 1 heterocycles. The van der Waals surface area contributed by atoms with Crippen LogP contribution in [0.5, 0.6) is 0 Å². The third kappa shape index (κ3) is 4.73. The summed E-state index contributed by atoms with van der Waals surface area (Å²) in [7, 11) is 0. The maximum atomic E-state index is 12.4. The summed E-state index contributed by atoms with van der Waals surface area (Å²) >= 11 is 3.46. The Morgan fingerprint density at radius 2 is 1.90 bits per heavy atom. The second kappa shape index (κ2) is 8.23. The minimum atomic E-state index is -0.0464. The molecule has 0 bridgehead atoms. The third-order valence-corrected chi connectivity index (χ3v) is 5.93. The van der Waals surface area contributed by atoms with Crippen molar-refractivity contribution in [3.8, 4) is 11.3 Å². The number of nitrogens with one attached hydrogen (secondary N) is 1. The van der Waals surface area contributed by atoms with E-state index in [0.29, 0.717) is 5.76 Å². The van der Waals surface area contributed by atoms with Crippen LogP contribution in [0, 0.1) is 5.92 Å². The van der Waals surface area contributed by atoms with E-state index in [0.717, 1.165) is 22.2 Å². The van der Waals surface area contributed by atoms with Crippen LogP contribution in [0.1, 0.15) is 50.0 Å². The maximum Gasteiger partial charge on any atom is 0.243 e. The number of nitrogens with zero attached hydrogens (tertiary/aromatic N) is 1. The van der Waals surface area contributed by atoms with Crippen molar-refractivity contribution in [2.75, 3.05) is 0 Å². The SMILES string of the molecule is CC(C)(C)c1ccc([C@@H]2C[C@@H]2C(=O)NN=Cc2ccc(-c3cccc(Br)c3)o2)cc1. The zero-order chi connectivity index (χ0) is 21.3. The molecule has 30 heavy (non-hydrogen) atoms. The van der Waals surface area contributed by atoms with E-state index >= 15 is 0 Å². The van der Waals surface area contributed by atoms with Crippen LogP contribution in [0.2, 0.25) is 0 Å². The van der Waals surface area contributed by atoms with Crippen LogP contribution in [0.15, 0.2) is 74.7 Å². The van der Waals surface area contributed by atoms with Crippen LogP contribution in [0.4, 0.5) is 0 Å². The van der Waals surface area contributed by atoms with E-state index in [1.165, 1.54) is 17.3 Å². The van der Waals surface area contributed by atoms with E-state index in [1.807, 2.05) is 36.4 Å². The molecule has 1 amide bonds. The van der Waals surface area contributed by atoms with Gasteiger partial charge in [-0.05, 0) is 53.1 Å². The Morgan fingerprint density at radius 3 is 2.60 bits per heavy atom. The van der Waals surface area contributed by atoms with Crippen molar-refractivity contribution < 1.29 is 9.21 Å². The number of furan rings is 1. The number of amides is 1. The Balaban J connectivity index is 1.32. The van der Waals surface area contributed by atoms with Crippen molar-refractivity contribution in [1.82, 2.24) is 5.43 Å². The van der Waals surface area contributed by atoms with Crippen LogP contribution in [-0.2, 0) is 10.2 Å². The van der Waals surface area contributed by atoms with E-state index in [1.54, 1.807) is 0 Å². The number of hydrazone groups is 1. The summed E-state index contributed by atoms with van der Waals surface area (Å²) in [5.74, 6) is 1.56. The van der Waals surface area contributed by atoms with Crippen LogP contribution in [0.3, 0.4) is 0 Å². The van der Waals surface area contributed by atoms with Crippen molar-refractivity contribution in [3.63, 3.8) is 0 Å². The molecule has 1 fully saturated rings. The summed E-state index contributed by atoms with van der Waals surface area (Å²) in [6.07, 6.45) is 2.40. The summed E-state index contributed by atoms with van der Waals surface area (Å²) in [6.45, 7) is 6.61. The zero-order valence-electron chi connectivity index (χ0n) is 17.4. The quantitative estimate of drug-likeness (QED) is 0.357. The van der Waals surface area contributed by atoms with E-state index in [9.17, 15) is 4.79 Å². The lowest BCUT2D eigenvalue weighted by Crippen LogP contribution is -2.20. The molecule has 1 aliphatic rings. The highest BCUT2D eigenvalue weighted by atomic mass is 79.9. The lowest BCUT2D eigenvalue weighted by Gasteiger charge is -2.19. The second-order valence-corrected chi connectivity index (χ2v) is 9.68. The van der Waals surface area contributed by atoms with Gasteiger partial charge in [0.2, 0.25) is 5.91 Å². The first-order valence-electron chi connectivity index (χ1n) is 10.1. The van der Waals surface area contributed by atoms with Gasteiger partial charge in [0.05, 0.1) is 6.21 Å². The van der Waals surface area contributed by atoms with Crippen molar-refractivity contribution in [3.05, 3.63) is 82.0 Å². The number of rotatable bonds is 5. The number of carbonyl (C=O) groups is 1. The van der Waals surface area contributed by atoms with Gasteiger partial charge in [0, 0.05) is 16.0 Å². The first kappa shape index (κ1) is 20.6. The van der Waals surface area contributed by atoms with Gasteiger partial charge in [0.1, 0.15) is 11.5 Å². The first-order valence-corrected chi connectivity index (χ1v) is 10.9.